The van der Waals surface area contributed by atoms with Gasteiger partial charge in [-0.1, -0.05) is 0 Å². The van der Waals surface area contributed by atoms with Gasteiger partial charge in [-0.25, -0.2) is 8.78 Å². The van der Waals surface area contributed by atoms with E-state index in [9.17, 15) is 8.78 Å². The number of hydrogen-bond donors (Lipinski definition) is 0. The van der Waals surface area contributed by atoms with Crippen molar-refractivity contribution < 1.29 is 13.5 Å². The number of aryl methyl sites for hydroxylation is 1. The molecule has 2 aromatic rings. The number of pyridine rings is 1. The Bertz CT molecular complexity index is 891. The van der Waals surface area contributed by atoms with E-state index in [1.165, 1.54) is 6.20 Å². The largest absolute Gasteiger partial charge is 0.496 e. The van der Waals surface area contributed by atoms with Crippen LogP contribution in [0.5, 0.6) is 5.75 Å². The van der Waals surface area contributed by atoms with Gasteiger partial charge in [-0.3, -0.25) is 9.98 Å². The van der Waals surface area contributed by atoms with Gasteiger partial charge in [-0.15, -0.1) is 0 Å². The Morgan fingerprint density at radius 1 is 1.19 bits per heavy atom. The molecule has 0 atom stereocenters. The zero-order chi connectivity index (χ0) is 19.2. The second-order valence-electron chi connectivity index (χ2n) is 7.03. The van der Waals surface area contributed by atoms with Crippen LogP contribution in [0.25, 0.3) is 0 Å². The summed E-state index contributed by atoms with van der Waals surface area (Å²) in [5.41, 5.74) is 4.25. The Labute approximate surface area is 152 Å². The molecule has 1 aromatic heterocycles. The number of hydrogen-bond acceptors (Lipinski definition) is 4. The third-order valence-corrected chi connectivity index (χ3v) is 5.00. The fraction of sp³-hybridized carbons (Fsp3) is 0.400. The summed E-state index contributed by atoms with van der Waals surface area (Å²) in [6, 6.07) is 5.60. The van der Waals surface area contributed by atoms with Crippen molar-refractivity contribution in [3.05, 3.63) is 52.3 Å². The number of halogens is 2. The summed E-state index contributed by atoms with van der Waals surface area (Å²) >= 11 is 0. The van der Waals surface area contributed by atoms with Crippen molar-refractivity contribution in [3.63, 3.8) is 0 Å². The van der Waals surface area contributed by atoms with Crippen molar-refractivity contribution in [2.75, 3.05) is 19.1 Å². The number of rotatable bonds is 3. The van der Waals surface area contributed by atoms with Crippen LogP contribution >= 0.6 is 0 Å². The molecule has 0 unspecified atom stereocenters. The molecule has 1 aliphatic rings. The van der Waals surface area contributed by atoms with E-state index >= 15 is 0 Å². The molecular weight excluding hydrogens is 336 g/mol. The van der Waals surface area contributed by atoms with E-state index in [1.807, 2.05) is 40.0 Å². The summed E-state index contributed by atoms with van der Waals surface area (Å²) in [5.74, 6) is 0.801. The molecule has 0 bridgehead atoms. The van der Waals surface area contributed by atoms with Gasteiger partial charge in [0.2, 0.25) is 0 Å². The van der Waals surface area contributed by atoms with Crippen molar-refractivity contribution >= 4 is 11.4 Å². The molecule has 0 radical (unpaired) electrons. The van der Waals surface area contributed by atoms with Crippen molar-refractivity contribution in [1.82, 2.24) is 4.98 Å². The van der Waals surface area contributed by atoms with E-state index < -0.39 is 12.1 Å². The Kier molecular flexibility index (Phi) is 4.46. The van der Waals surface area contributed by atoms with Gasteiger partial charge in [0, 0.05) is 29.9 Å². The number of benzene rings is 1. The van der Waals surface area contributed by atoms with E-state index in [1.54, 1.807) is 20.1 Å². The van der Waals surface area contributed by atoms with E-state index in [0.717, 1.165) is 33.8 Å². The maximum absolute atomic E-state index is 13.0. The highest BCUT2D eigenvalue weighted by atomic mass is 19.3. The Hall–Kier alpha value is -2.50. The summed E-state index contributed by atoms with van der Waals surface area (Å²) in [5, 5.41) is 0. The molecule has 0 aliphatic carbocycles. The highest BCUT2D eigenvalue weighted by molar-refractivity contribution is 6.17. The molecule has 26 heavy (non-hydrogen) atoms. The lowest BCUT2D eigenvalue weighted by atomic mass is 9.92. The van der Waals surface area contributed by atoms with Crippen molar-refractivity contribution in [1.29, 1.82) is 0 Å². The number of alkyl halides is 2. The van der Waals surface area contributed by atoms with Gasteiger partial charge < -0.3 is 9.64 Å². The predicted octanol–water partition coefficient (Wildman–Crippen LogP) is 4.67. The van der Waals surface area contributed by atoms with Gasteiger partial charge in [-0.05, 0) is 51.5 Å². The van der Waals surface area contributed by atoms with Crippen LogP contribution in [0.2, 0.25) is 0 Å². The molecule has 0 amide bonds. The lowest BCUT2D eigenvalue weighted by molar-refractivity contribution is 0.145. The molecule has 0 saturated carbocycles. The molecule has 0 N–H and O–H groups in total. The first-order chi connectivity index (χ1) is 12.2. The van der Waals surface area contributed by atoms with E-state index in [4.69, 9.17) is 9.73 Å². The van der Waals surface area contributed by atoms with Gasteiger partial charge in [0.15, 0.2) is 0 Å². The predicted molar refractivity (Wildman–Crippen MR) is 99.8 cm³/mol. The number of aromatic nitrogens is 1. The smallest absolute Gasteiger partial charge is 0.280 e. The van der Waals surface area contributed by atoms with E-state index in [2.05, 4.69) is 9.88 Å². The summed E-state index contributed by atoms with van der Waals surface area (Å²) in [6.45, 7) is 7.70. The number of anilines is 1. The van der Waals surface area contributed by atoms with E-state index in [-0.39, 0.29) is 5.69 Å². The van der Waals surface area contributed by atoms with Crippen LogP contribution in [0.3, 0.4) is 0 Å². The highest BCUT2D eigenvalue weighted by Crippen LogP contribution is 2.40. The molecule has 0 spiro atoms. The number of nitrogens with zero attached hydrogens (tertiary/aromatic N) is 3. The van der Waals surface area contributed by atoms with Crippen LogP contribution < -0.4 is 9.64 Å². The quantitative estimate of drug-likeness (QED) is 0.799. The second kappa shape index (κ2) is 6.34. The Morgan fingerprint density at radius 2 is 1.88 bits per heavy atom. The van der Waals surface area contributed by atoms with Crippen LogP contribution in [0, 0.1) is 13.8 Å². The minimum atomic E-state index is -2.58. The van der Waals surface area contributed by atoms with Crippen LogP contribution in [0.4, 0.5) is 14.5 Å². The van der Waals surface area contributed by atoms with Crippen LogP contribution in [0.15, 0.2) is 29.4 Å². The lowest BCUT2D eigenvalue weighted by Gasteiger charge is -2.41. The third kappa shape index (κ3) is 2.83. The third-order valence-electron chi connectivity index (χ3n) is 5.00. The zero-order valence-corrected chi connectivity index (χ0v) is 15.9. The first-order valence-electron chi connectivity index (χ1n) is 8.44. The Morgan fingerprint density at radius 3 is 2.46 bits per heavy atom. The number of ether oxygens (including phenoxy) is 1. The molecule has 138 valence electrons. The summed E-state index contributed by atoms with van der Waals surface area (Å²) in [4.78, 5) is 11.0. The molecule has 4 nitrogen and oxygen atoms in total. The molecular formula is C20H23F2N3O. The summed E-state index contributed by atoms with van der Waals surface area (Å²) in [6.07, 6.45) is -1.10. The fourth-order valence-corrected chi connectivity index (χ4v) is 3.37. The molecule has 3 rings (SSSR count). The minimum absolute atomic E-state index is 0.187. The molecule has 0 saturated heterocycles. The first kappa shape index (κ1) is 18.3. The van der Waals surface area contributed by atoms with Crippen LogP contribution in [-0.2, 0) is 0 Å². The van der Waals surface area contributed by atoms with Crippen molar-refractivity contribution in [3.8, 4) is 5.75 Å². The van der Waals surface area contributed by atoms with Gasteiger partial charge in [-0.2, -0.15) is 0 Å². The maximum atomic E-state index is 13.0. The normalized spacial score (nSPS) is 15.7. The highest BCUT2D eigenvalue weighted by Gasteiger charge is 2.34. The number of fused-ring (bicyclic) bond motifs is 1. The van der Waals surface area contributed by atoms with Crippen molar-refractivity contribution in [2.45, 2.75) is 39.8 Å². The molecule has 0 fully saturated rings. The van der Waals surface area contributed by atoms with E-state index in [0.29, 0.717) is 5.56 Å². The zero-order valence-electron chi connectivity index (χ0n) is 15.9. The number of aliphatic imine (C=N–C) groups is 1. The van der Waals surface area contributed by atoms with Gasteiger partial charge in [0.05, 0.1) is 18.5 Å². The molecule has 2 heterocycles. The lowest BCUT2D eigenvalue weighted by Crippen LogP contribution is -2.44. The summed E-state index contributed by atoms with van der Waals surface area (Å²) in [7, 11) is 3.64. The molecule has 6 heteroatoms. The van der Waals surface area contributed by atoms with Gasteiger partial charge >= 0.3 is 0 Å². The first-order valence-corrected chi connectivity index (χ1v) is 8.44. The van der Waals surface area contributed by atoms with Crippen molar-refractivity contribution in [2.24, 2.45) is 4.99 Å². The fourth-order valence-electron chi connectivity index (χ4n) is 3.37. The Balaban J connectivity index is 2.23. The average molecular weight is 359 g/mol. The average Bonchev–Trinajstić information content (AvgIpc) is 2.57. The van der Waals surface area contributed by atoms with Crippen LogP contribution in [0.1, 0.15) is 48.2 Å². The standard InChI is InChI=1S/C20H23F2N3O/c1-11-9-13(10-23-16(11)19(21)22)17-14-7-8-15(26-6)12(2)18(14)25(5)20(3,4)24-17/h7-10,19H,1-6H3. The summed E-state index contributed by atoms with van der Waals surface area (Å²) < 4.78 is 31.5. The second-order valence-corrected chi connectivity index (χ2v) is 7.03. The number of methoxy groups -OCH3 is 1. The maximum Gasteiger partial charge on any atom is 0.280 e. The molecule has 1 aromatic carbocycles. The minimum Gasteiger partial charge on any atom is -0.496 e. The van der Waals surface area contributed by atoms with Gasteiger partial charge in [0.25, 0.3) is 6.43 Å². The SMILES string of the molecule is COc1ccc2c(c1C)N(C)C(C)(C)N=C2c1cnc(C(F)F)c(C)c1. The monoisotopic (exact) mass is 359 g/mol. The molecule has 1 aliphatic heterocycles. The topological polar surface area (TPSA) is 37.7 Å². The van der Waals surface area contributed by atoms with Crippen LogP contribution in [-0.4, -0.2) is 30.5 Å². The van der Waals surface area contributed by atoms with Gasteiger partial charge in [0.1, 0.15) is 17.1 Å².